The molecule has 20 heavy (non-hydrogen) atoms. The lowest BCUT2D eigenvalue weighted by Crippen LogP contribution is -2.24. The standard InChI is InChI=1S/C15H13FN2OS/c1-2-10-7-14(19)18(8-10)15-17-13(9-20-15)11-3-5-12(16)6-4-11/h2-6,9-10H,1,7-8H2. The molecule has 3 rings (SSSR count). The molecule has 1 aromatic carbocycles. The van der Waals surface area contributed by atoms with Crippen LogP contribution in [-0.4, -0.2) is 17.4 Å². The van der Waals surface area contributed by atoms with E-state index in [2.05, 4.69) is 11.6 Å². The zero-order valence-electron chi connectivity index (χ0n) is 10.8. The molecule has 0 radical (unpaired) electrons. The molecule has 1 amide bonds. The van der Waals surface area contributed by atoms with Gasteiger partial charge in [-0.15, -0.1) is 17.9 Å². The molecule has 1 fully saturated rings. The van der Waals surface area contributed by atoms with Crippen molar-refractivity contribution in [2.45, 2.75) is 6.42 Å². The number of nitrogens with zero attached hydrogens (tertiary/aromatic N) is 2. The zero-order valence-corrected chi connectivity index (χ0v) is 11.6. The third-order valence-corrected chi connectivity index (χ3v) is 4.21. The zero-order chi connectivity index (χ0) is 14.1. The summed E-state index contributed by atoms with van der Waals surface area (Å²) in [5.74, 6) is 0.00308. The molecule has 0 saturated carbocycles. The summed E-state index contributed by atoms with van der Waals surface area (Å²) in [6.07, 6.45) is 2.31. The molecular weight excluding hydrogens is 275 g/mol. The van der Waals surface area contributed by atoms with Crippen molar-refractivity contribution < 1.29 is 9.18 Å². The molecule has 0 aliphatic carbocycles. The molecule has 0 bridgehead atoms. The van der Waals surface area contributed by atoms with Crippen molar-refractivity contribution in [3.8, 4) is 11.3 Å². The van der Waals surface area contributed by atoms with Crippen molar-refractivity contribution in [2.24, 2.45) is 5.92 Å². The number of benzene rings is 1. The number of hydrogen-bond donors (Lipinski definition) is 0. The van der Waals surface area contributed by atoms with Gasteiger partial charge >= 0.3 is 0 Å². The van der Waals surface area contributed by atoms with Gasteiger partial charge in [0.1, 0.15) is 5.82 Å². The number of anilines is 1. The molecule has 102 valence electrons. The van der Waals surface area contributed by atoms with Crippen LogP contribution in [0, 0.1) is 11.7 Å². The molecule has 1 aliphatic rings. The lowest BCUT2D eigenvalue weighted by molar-refractivity contribution is -0.117. The van der Waals surface area contributed by atoms with Gasteiger partial charge in [-0.05, 0) is 24.3 Å². The maximum absolute atomic E-state index is 12.9. The topological polar surface area (TPSA) is 33.2 Å². The summed E-state index contributed by atoms with van der Waals surface area (Å²) in [7, 11) is 0. The smallest absolute Gasteiger partial charge is 0.229 e. The van der Waals surface area contributed by atoms with Crippen LogP contribution in [0.2, 0.25) is 0 Å². The van der Waals surface area contributed by atoms with Crippen LogP contribution in [0.5, 0.6) is 0 Å². The summed E-state index contributed by atoms with van der Waals surface area (Å²) in [6, 6.07) is 6.19. The van der Waals surface area contributed by atoms with Gasteiger partial charge in [0.15, 0.2) is 5.13 Å². The summed E-state index contributed by atoms with van der Waals surface area (Å²) in [6.45, 7) is 4.37. The molecule has 1 unspecified atom stereocenters. The lowest BCUT2D eigenvalue weighted by Gasteiger charge is -2.11. The number of amides is 1. The molecule has 0 N–H and O–H groups in total. The van der Waals surface area contributed by atoms with Crippen LogP contribution in [-0.2, 0) is 4.79 Å². The minimum absolute atomic E-state index is 0.0786. The van der Waals surface area contributed by atoms with Gasteiger partial charge in [0.25, 0.3) is 0 Å². The van der Waals surface area contributed by atoms with Crippen LogP contribution >= 0.6 is 11.3 Å². The van der Waals surface area contributed by atoms with Crippen LogP contribution in [0.1, 0.15) is 6.42 Å². The second-order valence-corrected chi connectivity index (χ2v) is 5.56. The van der Waals surface area contributed by atoms with Crippen molar-refractivity contribution in [2.75, 3.05) is 11.4 Å². The first-order valence-corrected chi connectivity index (χ1v) is 7.19. The highest BCUT2D eigenvalue weighted by Crippen LogP contribution is 2.31. The Balaban J connectivity index is 1.85. The van der Waals surface area contributed by atoms with Crippen molar-refractivity contribution in [1.29, 1.82) is 0 Å². The Labute approximate surface area is 120 Å². The summed E-state index contributed by atoms with van der Waals surface area (Å²) < 4.78 is 12.9. The molecule has 1 aromatic heterocycles. The van der Waals surface area contributed by atoms with Gasteiger partial charge in [-0.2, -0.15) is 0 Å². The number of hydrogen-bond acceptors (Lipinski definition) is 3. The van der Waals surface area contributed by atoms with E-state index in [9.17, 15) is 9.18 Å². The number of carbonyl (C=O) groups excluding carboxylic acids is 1. The molecule has 3 nitrogen and oxygen atoms in total. The van der Waals surface area contributed by atoms with E-state index in [1.807, 2.05) is 11.5 Å². The van der Waals surface area contributed by atoms with Crippen molar-refractivity contribution >= 4 is 22.4 Å². The summed E-state index contributed by atoms with van der Waals surface area (Å²) in [5, 5.41) is 2.58. The Morgan fingerprint density at radius 3 is 2.80 bits per heavy atom. The quantitative estimate of drug-likeness (QED) is 0.810. The Kier molecular flexibility index (Phi) is 3.36. The fourth-order valence-corrected chi connectivity index (χ4v) is 3.08. The average Bonchev–Trinajstić information content (AvgIpc) is 3.06. The number of aromatic nitrogens is 1. The minimum Gasteiger partial charge on any atom is -0.287 e. The number of thiazole rings is 1. The third kappa shape index (κ3) is 2.36. The SMILES string of the molecule is C=CC1CC(=O)N(c2nc(-c3ccc(F)cc3)cs2)C1. The summed E-state index contributed by atoms with van der Waals surface area (Å²) in [5.41, 5.74) is 1.61. The van der Waals surface area contributed by atoms with Gasteiger partial charge in [0.2, 0.25) is 5.91 Å². The Morgan fingerprint density at radius 2 is 2.15 bits per heavy atom. The second kappa shape index (κ2) is 5.17. The normalized spacial score (nSPS) is 18.6. The highest BCUT2D eigenvalue weighted by Gasteiger charge is 2.30. The number of rotatable bonds is 3. The van der Waals surface area contributed by atoms with Gasteiger partial charge in [-0.1, -0.05) is 6.08 Å². The maximum atomic E-state index is 12.9. The molecular formula is C15H13FN2OS. The molecule has 2 aromatic rings. The monoisotopic (exact) mass is 288 g/mol. The van der Waals surface area contributed by atoms with Crippen LogP contribution in [0.15, 0.2) is 42.3 Å². The summed E-state index contributed by atoms with van der Waals surface area (Å²) in [4.78, 5) is 18.1. The highest BCUT2D eigenvalue weighted by molar-refractivity contribution is 7.14. The largest absolute Gasteiger partial charge is 0.287 e. The van der Waals surface area contributed by atoms with Crippen LogP contribution in [0.3, 0.4) is 0 Å². The van der Waals surface area contributed by atoms with Gasteiger partial charge in [0.05, 0.1) is 5.69 Å². The lowest BCUT2D eigenvalue weighted by atomic mass is 10.1. The Bertz CT molecular complexity index is 650. The molecule has 1 aliphatic heterocycles. The summed E-state index contributed by atoms with van der Waals surface area (Å²) >= 11 is 1.43. The van der Waals surface area contributed by atoms with E-state index in [1.54, 1.807) is 17.0 Å². The highest BCUT2D eigenvalue weighted by atomic mass is 32.1. The molecule has 2 heterocycles. The average molecular weight is 288 g/mol. The van der Waals surface area contributed by atoms with E-state index in [4.69, 9.17) is 0 Å². The van der Waals surface area contributed by atoms with E-state index in [0.29, 0.717) is 18.1 Å². The Morgan fingerprint density at radius 1 is 1.40 bits per heavy atom. The van der Waals surface area contributed by atoms with Crippen molar-refractivity contribution in [3.05, 3.63) is 48.1 Å². The molecule has 1 saturated heterocycles. The van der Waals surface area contributed by atoms with Crippen LogP contribution in [0.25, 0.3) is 11.3 Å². The fraction of sp³-hybridized carbons (Fsp3) is 0.200. The van der Waals surface area contributed by atoms with E-state index in [-0.39, 0.29) is 17.6 Å². The predicted octanol–water partition coefficient (Wildman–Crippen LogP) is 3.49. The minimum atomic E-state index is -0.271. The second-order valence-electron chi connectivity index (χ2n) is 4.73. The molecule has 5 heteroatoms. The first-order chi connectivity index (χ1) is 9.67. The van der Waals surface area contributed by atoms with E-state index >= 15 is 0 Å². The van der Waals surface area contributed by atoms with Crippen molar-refractivity contribution in [1.82, 2.24) is 4.98 Å². The predicted molar refractivity (Wildman–Crippen MR) is 78.2 cm³/mol. The number of carbonyl (C=O) groups is 1. The first kappa shape index (κ1) is 13.0. The van der Waals surface area contributed by atoms with Crippen LogP contribution < -0.4 is 4.90 Å². The molecule has 0 spiro atoms. The Hall–Kier alpha value is -2.01. The van der Waals surface area contributed by atoms with Crippen molar-refractivity contribution in [3.63, 3.8) is 0 Å². The fourth-order valence-electron chi connectivity index (χ4n) is 2.22. The van der Waals surface area contributed by atoms with E-state index in [1.165, 1.54) is 23.5 Å². The third-order valence-electron chi connectivity index (χ3n) is 3.35. The van der Waals surface area contributed by atoms with Crippen LogP contribution in [0.4, 0.5) is 9.52 Å². The van der Waals surface area contributed by atoms with E-state index in [0.717, 1.165) is 11.3 Å². The maximum Gasteiger partial charge on any atom is 0.229 e. The number of halogens is 1. The molecule has 1 atom stereocenters. The first-order valence-electron chi connectivity index (χ1n) is 6.32. The van der Waals surface area contributed by atoms with Gasteiger partial charge in [-0.3, -0.25) is 9.69 Å². The van der Waals surface area contributed by atoms with E-state index < -0.39 is 0 Å². The van der Waals surface area contributed by atoms with Gasteiger partial charge in [-0.25, -0.2) is 9.37 Å². The van der Waals surface area contributed by atoms with Gasteiger partial charge in [0, 0.05) is 29.8 Å². The van der Waals surface area contributed by atoms with Gasteiger partial charge < -0.3 is 0 Å².